The third-order valence-electron chi connectivity index (χ3n) is 4.38. The van der Waals surface area contributed by atoms with E-state index in [4.69, 9.17) is 19.6 Å². The number of phosphoric ester groups is 1. The zero-order valence-corrected chi connectivity index (χ0v) is 18.1. The van der Waals surface area contributed by atoms with Gasteiger partial charge in [0, 0.05) is 6.08 Å². The van der Waals surface area contributed by atoms with Crippen molar-refractivity contribution in [1.82, 2.24) is 0 Å². The molecule has 0 amide bonds. The Bertz CT molecular complexity index is 719. The zero-order valence-electron chi connectivity index (χ0n) is 17.2. The van der Waals surface area contributed by atoms with Gasteiger partial charge in [0.15, 0.2) is 6.29 Å². The highest BCUT2D eigenvalue weighted by molar-refractivity contribution is 7.46. The second kappa shape index (κ2) is 13.5. The van der Waals surface area contributed by atoms with E-state index in [1.807, 2.05) is 12.1 Å². The predicted octanol–water partition coefficient (Wildman–Crippen LogP) is 3.83. The highest BCUT2D eigenvalue weighted by Gasteiger charge is 2.15. The highest BCUT2D eigenvalue weighted by atomic mass is 31.2. The molecule has 30 heavy (non-hydrogen) atoms. The van der Waals surface area contributed by atoms with Crippen LogP contribution in [0.4, 0.5) is 0 Å². The molecule has 0 aromatic heterocycles. The molecular formula is C21H31O8P. The van der Waals surface area contributed by atoms with Gasteiger partial charge in [-0.3, -0.25) is 4.52 Å². The van der Waals surface area contributed by atoms with Gasteiger partial charge < -0.3 is 24.4 Å². The second-order valence-electron chi connectivity index (χ2n) is 6.92. The fourth-order valence-electron chi connectivity index (χ4n) is 2.86. The average molecular weight is 442 g/mol. The van der Waals surface area contributed by atoms with E-state index < -0.39 is 20.1 Å². The van der Waals surface area contributed by atoms with Crippen molar-refractivity contribution in [2.75, 3.05) is 13.2 Å². The zero-order chi connectivity index (χ0) is 22.6. The molecule has 1 atom stereocenters. The summed E-state index contributed by atoms with van der Waals surface area (Å²) in [5, 5.41) is 8.98. The molecule has 1 fully saturated rings. The molecule has 1 unspecified atom stereocenters. The number of aliphatic hydroxyl groups is 1. The Morgan fingerprint density at radius 1 is 1.20 bits per heavy atom. The Kier molecular flexibility index (Phi) is 11.8. The van der Waals surface area contributed by atoms with E-state index in [1.54, 1.807) is 6.92 Å². The molecule has 1 aliphatic rings. The van der Waals surface area contributed by atoms with Crippen molar-refractivity contribution in [3.8, 4) is 5.75 Å². The van der Waals surface area contributed by atoms with Gasteiger partial charge in [-0.25, -0.2) is 9.36 Å². The summed E-state index contributed by atoms with van der Waals surface area (Å²) in [6, 6.07) is 7.88. The summed E-state index contributed by atoms with van der Waals surface area (Å²) in [6.07, 6.45) is 6.65. The van der Waals surface area contributed by atoms with E-state index in [1.165, 1.54) is 43.7 Å². The first-order chi connectivity index (χ1) is 14.1. The number of esters is 1. The molecule has 8 nitrogen and oxygen atoms in total. The van der Waals surface area contributed by atoms with E-state index in [-0.39, 0.29) is 13.2 Å². The molecule has 0 saturated heterocycles. The lowest BCUT2D eigenvalue weighted by molar-refractivity contribution is -0.128. The summed E-state index contributed by atoms with van der Waals surface area (Å²) in [7, 11) is -4.43. The second-order valence-corrected chi connectivity index (χ2v) is 8.16. The molecule has 3 N–H and O–H groups in total. The molecule has 2 rings (SSSR count). The Balaban J connectivity index is 0.000000314. The topological polar surface area (TPSA) is 123 Å². The Labute approximate surface area is 177 Å². The van der Waals surface area contributed by atoms with Gasteiger partial charge in [0.2, 0.25) is 0 Å². The quantitative estimate of drug-likeness (QED) is 0.100. The standard InChI is InChI=1S/C15H18O2.C6H13O6P/c1-2-15(16)17-14-10-8-13(9-11-14)12-6-4-3-5-7-12;1-5(2)6(7)11-3-4-12-13(8,9)10/h2,8-12H,1,3-7H2;6-7H,1,3-4H2,2H3,(H2,8,9,10). The molecule has 1 aliphatic carbocycles. The molecule has 9 heteroatoms. The molecule has 0 aliphatic heterocycles. The molecule has 0 bridgehead atoms. The van der Waals surface area contributed by atoms with Crippen molar-refractivity contribution in [3.63, 3.8) is 0 Å². The van der Waals surface area contributed by atoms with Crippen molar-refractivity contribution < 1.29 is 38.3 Å². The normalized spacial score (nSPS) is 15.5. The molecule has 0 heterocycles. The minimum absolute atomic E-state index is 0.112. The number of ether oxygens (including phenoxy) is 2. The summed E-state index contributed by atoms with van der Waals surface area (Å²) in [6.45, 7) is 7.96. The van der Waals surface area contributed by atoms with Gasteiger partial charge in [-0.15, -0.1) is 0 Å². The molecular weight excluding hydrogens is 411 g/mol. The smallest absolute Gasteiger partial charge is 0.423 e. The van der Waals surface area contributed by atoms with Crippen LogP contribution < -0.4 is 4.74 Å². The first kappa shape index (κ1) is 26.2. The summed E-state index contributed by atoms with van der Waals surface area (Å²) >= 11 is 0. The van der Waals surface area contributed by atoms with Crippen LogP contribution in [0.2, 0.25) is 0 Å². The maximum Gasteiger partial charge on any atom is 0.469 e. The van der Waals surface area contributed by atoms with Crippen LogP contribution in [-0.2, 0) is 18.6 Å². The monoisotopic (exact) mass is 442 g/mol. The number of carbonyl (C=O) groups excluding carboxylic acids is 1. The Hall–Kier alpha value is -1.80. The van der Waals surface area contributed by atoms with E-state index in [0.29, 0.717) is 17.2 Å². The van der Waals surface area contributed by atoms with Crippen molar-refractivity contribution in [2.24, 2.45) is 0 Å². The SMILES string of the molecule is C=C(C)C(O)OCCOP(=O)(O)O.C=CC(=O)Oc1ccc(C2CCCCC2)cc1. The number of hydrogen-bond acceptors (Lipinski definition) is 6. The van der Waals surface area contributed by atoms with E-state index >= 15 is 0 Å². The summed E-state index contributed by atoms with van der Waals surface area (Å²) < 4.78 is 23.9. The fourth-order valence-corrected chi connectivity index (χ4v) is 3.17. The maximum atomic E-state index is 11.0. The third kappa shape index (κ3) is 11.4. The van der Waals surface area contributed by atoms with Crippen molar-refractivity contribution in [1.29, 1.82) is 0 Å². The highest BCUT2D eigenvalue weighted by Crippen LogP contribution is 2.35. The van der Waals surface area contributed by atoms with Crippen LogP contribution in [0.1, 0.15) is 50.5 Å². The lowest BCUT2D eigenvalue weighted by Gasteiger charge is -2.21. The molecule has 0 radical (unpaired) electrons. The van der Waals surface area contributed by atoms with Crippen LogP contribution in [0.15, 0.2) is 49.1 Å². The molecule has 1 aromatic carbocycles. The molecule has 1 saturated carbocycles. The number of benzene rings is 1. The van der Waals surface area contributed by atoms with Crippen molar-refractivity contribution in [2.45, 2.75) is 51.2 Å². The number of rotatable bonds is 9. The largest absolute Gasteiger partial charge is 0.469 e. The van der Waals surface area contributed by atoms with Crippen LogP contribution in [0.3, 0.4) is 0 Å². The van der Waals surface area contributed by atoms with E-state index in [0.717, 1.165) is 0 Å². The van der Waals surface area contributed by atoms with Crippen LogP contribution in [0, 0.1) is 0 Å². The lowest BCUT2D eigenvalue weighted by atomic mass is 9.84. The van der Waals surface area contributed by atoms with Gasteiger partial charge in [-0.2, -0.15) is 0 Å². The van der Waals surface area contributed by atoms with Gasteiger partial charge in [-0.05, 0) is 49.0 Å². The summed E-state index contributed by atoms with van der Waals surface area (Å²) in [5.74, 6) is 0.873. The number of carbonyl (C=O) groups is 1. The maximum absolute atomic E-state index is 11.0. The Morgan fingerprint density at radius 3 is 2.30 bits per heavy atom. The van der Waals surface area contributed by atoms with Crippen LogP contribution >= 0.6 is 7.82 Å². The molecule has 168 valence electrons. The number of phosphoric acid groups is 1. The van der Waals surface area contributed by atoms with Crippen molar-refractivity contribution >= 4 is 13.8 Å². The first-order valence-electron chi connectivity index (χ1n) is 9.71. The van der Waals surface area contributed by atoms with Gasteiger partial charge in [0.25, 0.3) is 0 Å². The van der Waals surface area contributed by atoms with E-state index in [2.05, 4.69) is 34.6 Å². The fraction of sp³-hybridized carbons (Fsp3) is 0.476. The van der Waals surface area contributed by atoms with Gasteiger partial charge in [-0.1, -0.05) is 44.6 Å². The average Bonchev–Trinajstić information content (AvgIpc) is 2.72. The third-order valence-corrected chi connectivity index (χ3v) is 4.90. The first-order valence-corrected chi connectivity index (χ1v) is 11.2. The summed E-state index contributed by atoms with van der Waals surface area (Å²) in [5.41, 5.74) is 1.78. The summed E-state index contributed by atoms with van der Waals surface area (Å²) in [4.78, 5) is 27.5. The van der Waals surface area contributed by atoms with Crippen LogP contribution in [0.5, 0.6) is 5.75 Å². The minimum Gasteiger partial charge on any atom is -0.423 e. The Morgan fingerprint density at radius 2 is 1.80 bits per heavy atom. The molecule has 0 spiro atoms. The molecule has 1 aromatic rings. The van der Waals surface area contributed by atoms with Crippen LogP contribution in [0.25, 0.3) is 0 Å². The number of hydrogen-bond donors (Lipinski definition) is 3. The minimum atomic E-state index is -4.43. The lowest BCUT2D eigenvalue weighted by Crippen LogP contribution is -2.15. The van der Waals surface area contributed by atoms with Gasteiger partial charge in [0.1, 0.15) is 5.75 Å². The van der Waals surface area contributed by atoms with Gasteiger partial charge in [0.05, 0.1) is 13.2 Å². The van der Waals surface area contributed by atoms with E-state index in [9.17, 15) is 9.36 Å². The number of aliphatic hydroxyl groups excluding tert-OH is 1. The van der Waals surface area contributed by atoms with Crippen molar-refractivity contribution in [3.05, 3.63) is 54.6 Å². The van der Waals surface area contributed by atoms with Gasteiger partial charge >= 0.3 is 13.8 Å². The predicted molar refractivity (Wildman–Crippen MR) is 113 cm³/mol. The van der Waals surface area contributed by atoms with Crippen LogP contribution in [-0.4, -0.2) is 40.4 Å².